The van der Waals surface area contributed by atoms with Crippen LogP contribution in [0, 0.1) is 11.8 Å². The molecule has 0 radical (unpaired) electrons. The van der Waals surface area contributed by atoms with E-state index < -0.39 is 0 Å². The van der Waals surface area contributed by atoms with E-state index >= 15 is 0 Å². The monoisotopic (exact) mass is 397 g/mol. The molecular weight excluding hydrogens is 370 g/mol. The fourth-order valence-electron chi connectivity index (χ4n) is 3.79. The first-order valence-electron chi connectivity index (χ1n) is 8.98. The minimum atomic E-state index is -0.223. The van der Waals surface area contributed by atoms with Crippen molar-refractivity contribution in [2.24, 2.45) is 17.6 Å². The number of nitrogens with two attached hydrogens (primary N) is 1. The second kappa shape index (κ2) is 9.11. The number of nitrogens with zero attached hydrogens (tertiary/aromatic N) is 2. The van der Waals surface area contributed by atoms with Crippen molar-refractivity contribution < 1.29 is 9.59 Å². The highest BCUT2D eigenvalue weighted by Crippen LogP contribution is 2.29. The van der Waals surface area contributed by atoms with Gasteiger partial charge in [0.15, 0.2) is 0 Å². The van der Waals surface area contributed by atoms with Crippen molar-refractivity contribution in [1.29, 1.82) is 0 Å². The van der Waals surface area contributed by atoms with E-state index in [0.717, 1.165) is 31.6 Å². The molecule has 7 heteroatoms. The molecule has 3 rings (SSSR count). The second-order valence-corrected chi connectivity index (χ2v) is 8.00. The third kappa shape index (κ3) is 4.53. The molecule has 1 aromatic rings. The van der Waals surface area contributed by atoms with Crippen LogP contribution in [-0.4, -0.2) is 48.6 Å². The molecule has 2 saturated heterocycles. The normalized spacial score (nSPS) is 22.3. The molecule has 2 unspecified atom stereocenters. The molecule has 0 bridgehead atoms. The average molecular weight is 398 g/mol. The van der Waals surface area contributed by atoms with Gasteiger partial charge in [-0.15, -0.1) is 24.2 Å². The quantitative estimate of drug-likeness (QED) is 0.793. The lowest BCUT2D eigenvalue weighted by Gasteiger charge is -2.35. The molecule has 2 fully saturated rings. The molecule has 26 heavy (non-hydrogen) atoms. The molecule has 2 aliphatic rings. The molecule has 2 aliphatic heterocycles. The maximum atomic E-state index is 12.8. The molecule has 2 atom stereocenters. The minimum Gasteiger partial charge on any atom is -0.342 e. The van der Waals surface area contributed by atoms with Gasteiger partial charge in [0.1, 0.15) is 0 Å². The number of piperidine rings is 1. The maximum absolute atomic E-state index is 12.8. The van der Waals surface area contributed by atoms with Crippen LogP contribution in [0.25, 0.3) is 0 Å². The largest absolute Gasteiger partial charge is 0.342 e. The number of thioether (sulfide) groups is 1. The predicted octanol–water partition coefficient (Wildman–Crippen LogP) is 2.77. The molecule has 2 N–H and O–H groups in total. The van der Waals surface area contributed by atoms with Gasteiger partial charge in [0.25, 0.3) is 0 Å². The smallest absolute Gasteiger partial charge is 0.228 e. The second-order valence-electron chi connectivity index (χ2n) is 7.13. The van der Waals surface area contributed by atoms with Crippen LogP contribution in [0.1, 0.15) is 26.2 Å². The highest BCUT2D eigenvalue weighted by molar-refractivity contribution is 7.98. The molecule has 0 aromatic heterocycles. The van der Waals surface area contributed by atoms with Crippen LogP contribution in [0.2, 0.25) is 0 Å². The van der Waals surface area contributed by atoms with E-state index in [-0.39, 0.29) is 36.2 Å². The first-order valence-corrected chi connectivity index (χ1v) is 10.2. The maximum Gasteiger partial charge on any atom is 0.228 e. The highest BCUT2D eigenvalue weighted by atomic mass is 35.5. The number of hydrogen-bond acceptors (Lipinski definition) is 4. The van der Waals surface area contributed by atoms with Gasteiger partial charge >= 0.3 is 0 Å². The Morgan fingerprint density at radius 2 is 1.85 bits per heavy atom. The standard InChI is InChI=1S/C19H27N3O2S.ClH/c1-13(20)14-7-9-21(10-8-14)19(24)15-11-18(23)22(12-15)16-3-5-17(25-2)6-4-16;/h3-6,13-15H,7-12,20H2,1-2H3;1H. The Morgan fingerprint density at radius 3 is 2.38 bits per heavy atom. The number of carbonyl (C=O) groups is 2. The summed E-state index contributed by atoms with van der Waals surface area (Å²) in [7, 11) is 0. The molecule has 1 aromatic carbocycles. The van der Waals surface area contributed by atoms with Crippen LogP contribution >= 0.6 is 24.2 Å². The molecule has 0 spiro atoms. The number of rotatable bonds is 4. The van der Waals surface area contributed by atoms with Gasteiger partial charge < -0.3 is 15.5 Å². The molecular formula is C19H28ClN3O2S. The summed E-state index contributed by atoms with van der Waals surface area (Å²) < 4.78 is 0. The average Bonchev–Trinajstić information content (AvgIpc) is 3.03. The van der Waals surface area contributed by atoms with Crippen LogP contribution in [0.4, 0.5) is 5.69 Å². The van der Waals surface area contributed by atoms with Gasteiger partial charge in [-0.25, -0.2) is 0 Å². The lowest BCUT2D eigenvalue weighted by molar-refractivity contribution is -0.137. The van der Waals surface area contributed by atoms with Gasteiger partial charge in [-0.05, 0) is 56.2 Å². The zero-order valence-electron chi connectivity index (χ0n) is 15.4. The van der Waals surface area contributed by atoms with Gasteiger partial charge in [-0.3, -0.25) is 9.59 Å². The van der Waals surface area contributed by atoms with Gasteiger partial charge in [0.05, 0.1) is 5.92 Å². The van der Waals surface area contributed by atoms with Crippen molar-refractivity contribution in [3.05, 3.63) is 24.3 Å². The van der Waals surface area contributed by atoms with Crippen LogP contribution in [0.15, 0.2) is 29.2 Å². The molecule has 0 aliphatic carbocycles. The first-order chi connectivity index (χ1) is 12.0. The summed E-state index contributed by atoms with van der Waals surface area (Å²) in [5.41, 5.74) is 6.86. The Balaban J connectivity index is 0.00000243. The number of benzene rings is 1. The summed E-state index contributed by atoms with van der Waals surface area (Å²) in [5, 5.41) is 0. The number of anilines is 1. The Labute approximate surface area is 166 Å². The van der Waals surface area contributed by atoms with Crippen molar-refractivity contribution >= 4 is 41.7 Å². The van der Waals surface area contributed by atoms with Crippen molar-refractivity contribution in [3.8, 4) is 0 Å². The fraction of sp³-hybridized carbons (Fsp3) is 0.579. The van der Waals surface area contributed by atoms with Gasteiger partial charge in [0, 0.05) is 42.7 Å². The number of amides is 2. The molecule has 0 saturated carbocycles. The number of halogens is 1. The van der Waals surface area contributed by atoms with E-state index in [1.807, 2.05) is 42.3 Å². The van der Waals surface area contributed by atoms with E-state index in [2.05, 4.69) is 0 Å². The molecule has 5 nitrogen and oxygen atoms in total. The zero-order valence-corrected chi connectivity index (χ0v) is 17.0. The van der Waals surface area contributed by atoms with Gasteiger partial charge in [0.2, 0.25) is 11.8 Å². The van der Waals surface area contributed by atoms with Gasteiger partial charge in [-0.2, -0.15) is 0 Å². The Bertz CT molecular complexity index is 630. The number of likely N-dealkylation sites (tertiary alicyclic amines) is 1. The lowest BCUT2D eigenvalue weighted by atomic mass is 9.90. The Kier molecular flexibility index (Phi) is 7.38. The van der Waals surface area contributed by atoms with Crippen molar-refractivity contribution in [2.45, 2.75) is 37.1 Å². The van der Waals surface area contributed by atoms with E-state index in [0.29, 0.717) is 18.9 Å². The summed E-state index contributed by atoms with van der Waals surface area (Å²) >= 11 is 1.67. The zero-order chi connectivity index (χ0) is 18.0. The van der Waals surface area contributed by atoms with E-state index in [1.165, 1.54) is 4.90 Å². The predicted molar refractivity (Wildman–Crippen MR) is 109 cm³/mol. The fourth-order valence-corrected chi connectivity index (χ4v) is 4.20. The van der Waals surface area contributed by atoms with Crippen LogP contribution in [-0.2, 0) is 9.59 Å². The Hall–Kier alpha value is -1.24. The summed E-state index contributed by atoms with van der Waals surface area (Å²) in [6.45, 7) is 4.05. The SMILES string of the molecule is CSc1ccc(N2CC(C(=O)N3CCC(C(C)N)CC3)CC2=O)cc1.Cl. The highest BCUT2D eigenvalue weighted by Gasteiger charge is 2.38. The number of carbonyl (C=O) groups excluding carboxylic acids is 2. The first kappa shape index (κ1) is 21.1. The van der Waals surface area contributed by atoms with Gasteiger partial charge in [-0.1, -0.05) is 0 Å². The Morgan fingerprint density at radius 1 is 1.23 bits per heavy atom. The summed E-state index contributed by atoms with van der Waals surface area (Å²) in [6, 6.07) is 8.14. The van der Waals surface area contributed by atoms with E-state index in [4.69, 9.17) is 5.73 Å². The topological polar surface area (TPSA) is 66.6 Å². The van der Waals surface area contributed by atoms with Crippen molar-refractivity contribution in [2.75, 3.05) is 30.8 Å². The third-order valence-corrected chi connectivity index (χ3v) is 6.20. The van der Waals surface area contributed by atoms with E-state index in [9.17, 15) is 9.59 Å². The van der Waals surface area contributed by atoms with Crippen LogP contribution < -0.4 is 10.6 Å². The van der Waals surface area contributed by atoms with Crippen molar-refractivity contribution in [1.82, 2.24) is 4.90 Å². The van der Waals surface area contributed by atoms with E-state index in [1.54, 1.807) is 16.7 Å². The summed E-state index contributed by atoms with van der Waals surface area (Å²) in [4.78, 5) is 30.1. The summed E-state index contributed by atoms with van der Waals surface area (Å²) in [6.07, 6.45) is 4.27. The van der Waals surface area contributed by atoms with Crippen LogP contribution in [0.3, 0.4) is 0 Å². The molecule has 144 valence electrons. The summed E-state index contributed by atoms with van der Waals surface area (Å²) in [5.74, 6) is 0.445. The number of hydrogen-bond donors (Lipinski definition) is 1. The molecule has 2 heterocycles. The third-order valence-electron chi connectivity index (χ3n) is 5.45. The van der Waals surface area contributed by atoms with Crippen LogP contribution in [0.5, 0.6) is 0 Å². The minimum absolute atomic E-state index is 0. The lowest BCUT2D eigenvalue weighted by Crippen LogP contribution is -2.45. The van der Waals surface area contributed by atoms with Crippen molar-refractivity contribution in [3.63, 3.8) is 0 Å². The molecule has 2 amide bonds.